The van der Waals surface area contributed by atoms with Gasteiger partial charge in [-0.3, -0.25) is 4.79 Å². The molecule has 2 aromatic heterocycles. The Hall–Kier alpha value is -3.23. The minimum atomic E-state index is -5.08. The van der Waals surface area contributed by atoms with Crippen molar-refractivity contribution >= 4 is 40.7 Å². The summed E-state index contributed by atoms with van der Waals surface area (Å²) in [7, 11) is 0. The molecule has 0 spiro atoms. The van der Waals surface area contributed by atoms with Gasteiger partial charge >= 0.3 is 17.8 Å². The molecule has 0 saturated carbocycles. The monoisotopic (exact) mass is 606 g/mol. The predicted molar refractivity (Wildman–Crippen MR) is 136 cm³/mol. The molecule has 0 bridgehead atoms. The molecule has 1 amide bonds. The van der Waals surface area contributed by atoms with Crippen LogP contribution in [0, 0.1) is 5.82 Å². The van der Waals surface area contributed by atoms with Crippen molar-refractivity contribution in [1.29, 1.82) is 0 Å². The van der Waals surface area contributed by atoms with Gasteiger partial charge in [0.25, 0.3) is 5.91 Å². The topological polar surface area (TPSA) is 124 Å². The Bertz CT molecular complexity index is 1460. The molecule has 0 unspecified atom stereocenters. The van der Waals surface area contributed by atoms with Gasteiger partial charge in [-0.15, -0.1) is 0 Å². The SMILES string of the molecule is O=C(O)C(F)(F)F.O=C(c1cc(Cc2n[nH]c(=O)n3c(Cl)c(Cl)nc23)ccc1F)N1CCC(N2CCCC2)CC1. The average molecular weight is 607 g/mol. The Kier molecular flexibility index (Phi) is 9.00. The van der Waals surface area contributed by atoms with E-state index in [0.29, 0.717) is 30.4 Å². The van der Waals surface area contributed by atoms with Crippen molar-refractivity contribution in [2.75, 3.05) is 26.2 Å². The number of carboxylic acid groups (broad SMARTS) is 1. The van der Waals surface area contributed by atoms with Crippen LogP contribution in [-0.2, 0) is 11.2 Å². The molecule has 4 heterocycles. The van der Waals surface area contributed by atoms with Crippen LogP contribution in [0.1, 0.15) is 47.3 Å². The largest absolute Gasteiger partial charge is 0.490 e. The molecular formula is C24H24Cl2F4N6O4. The van der Waals surface area contributed by atoms with Crippen LogP contribution in [-0.4, -0.2) is 84.8 Å². The fraction of sp³-hybridized carbons (Fsp3) is 0.458. The number of nitrogens with zero attached hydrogens (tertiary/aromatic N) is 5. The molecule has 0 aliphatic carbocycles. The fourth-order valence-electron chi connectivity index (χ4n) is 4.84. The summed E-state index contributed by atoms with van der Waals surface area (Å²) in [5.41, 5.74) is 0.746. The molecule has 2 aliphatic rings. The fourth-order valence-corrected chi connectivity index (χ4v) is 5.20. The van der Waals surface area contributed by atoms with E-state index < -0.39 is 23.7 Å². The molecule has 5 rings (SSSR count). The van der Waals surface area contributed by atoms with Crippen molar-refractivity contribution in [1.82, 2.24) is 29.4 Å². The zero-order valence-corrected chi connectivity index (χ0v) is 22.4. The molecule has 40 heavy (non-hydrogen) atoms. The number of alkyl halides is 3. The van der Waals surface area contributed by atoms with E-state index >= 15 is 0 Å². The van der Waals surface area contributed by atoms with Gasteiger partial charge in [0.15, 0.2) is 16.0 Å². The number of aromatic amines is 1. The molecule has 16 heteroatoms. The second kappa shape index (κ2) is 12.1. The van der Waals surface area contributed by atoms with Gasteiger partial charge in [0.1, 0.15) is 11.5 Å². The van der Waals surface area contributed by atoms with Crippen molar-refractivity contribution in [3.8, 4) is 0 Å². The minimum Gasteiger partial charge on any atom is -0.475 e. The van der Waals surface area contributed by atoms with E-state index in [1.54, 1.807) is 17.0 Å². The number of likely N-dealkylation sites (tertiary alicyclic amines) is 2. The van der Waals surface area contributed by atoms with Crippen molar-refractivity contribution in [3.05, 3.63) is 61.6 Å². The lowest BCUT2D eigenvalue weighted by Crippen LogP contribution is -2.46. The van der Waals surface area contributed by atoms with Gasteiger partial charge in [0, 0.05) is 25.6 Å². The van der Waals surface area contributed by atoms with Crippen LogP contribution < -0.4 is 5.69 Å². The number of hydrogen-bond donors (Lipinski definition) is 2. The van der Waals surface area contributed by atoms with Crippen LogP contribution in [0.25, 0.3) is 5.65 Å². The summed E-state index contributed by atoms with van der Waals surface area (Å²) < 4.78 is 47.5. The summed E-state index contributed by atoms with van der Waals surface area (Å²) in [6, 6.07) is 4.92. The Balaban J connectivity index is 0.000000470. The number of hydrogen-bond acceptors (Lipinski definition) is 6. The number of imidazole rings is 1. The number of rotatable bonds is 4. The third-order valence-electron chi connectivity index (χ3n) is 6.81. The van der Waals surface area contributed by atoms with Crippen molar-refractivity contribution < 1.29 is 32.3 Å². The van der Waals surface area contributed by atoms with Crippen LogP contribution in [0.3, 0.4) is 0 Å². The number of benzene rings is 1. The molecule has 216 valence electrons. The molecule has 2 N–H and O–H groups in total. The van der Waals surface area contributed by atoms with E-state index in [1.165, 1.54) is 18.9 Å². The number of halogens is 6. The highest BCUT2D eigenvalue weighted by molar-refractivity contribution is 6.40. The lowest BCUT2D eigenvalue weighted by atomic mass is 10.0. The second-order valence-corrected chi connectivity index (χ2v) is 10.1. The predicted octanol–water partition coefficient (Wildman–Crippen LogP) is 3.79. The van der Waals surface area contributed by atoms with E-state index in [2.05, 4.69) is 20.1 Å². The Morgan fingerprint density at radius 2 is 1.73 bits per heavy atom. The molecule has 1 aromatic carbocycles. The molecule has 2 saturated heterocycles. The van der Waals surface area contributed by atoms with Gasteiger partial charge in [-0.1, -0.05) is 29.3 Å². The number of piperidine rings is 1. The van der Waals surface area contributed by atoms with Gasteiger partial charge in [-0.25, -0.2) is 28.5 Å². The van der Waals surface area contributed by atoms with Crippen molar-refractivity contribution in [3.63, 3.8) is 0 Å². The zero-order chi connectivity index (χ0) is 29.2. The van der Waals surface area contributed by atoms with Gasteiger partial charge < -0.3 is 14.9 Å². The van der Waals surface area contributed by atoms with Crippen LogP contribution in [0.5, 0.6) is 0 Å². The number of carbonyl (C=O) groups excluding carboxylic acids is 1. The summed E-state index contributed by atoms with van der Waals surface area (Å²) in [5.74, 6) is -3.62. The molecule has 10 nitrogen and oxygen atoms in total. The van der Waals surface area contributed by atoms with Crippen LogP contribution in [0.15, 0.2) is 23.0 Å². The van der Waals surface area contributed by atoms with Crippen LogP contribution in [0.4, 0.5) is 17.6 Å². The van der Waals surface area contributed by atoms with Gasteiger partial charge in [0.05, 0.1) is 5.56 Å². The summed E-state index contributed by atoms with van der Waals surface area (Å²) in [5, 5.41) is 13.5. The highest BCUT2D eigenvalue weighted by Crippen LogP contribution is 2.25. The Labute approximate surface area is 234 Å². The van der Waals surface area contributed by atoms with Crippen molar-refractivity contribution in [2.24, 2.45) is 0 Å². The molecule has 0 atom stereocenters. The number of aromatic nitrogens is 4. The molecule has 3 aromatic rings. The van der Waals surface area contributed by atoms with Gasteiger partial charge in [-0.2, -0.15) is 18.3 Å². The zero-order valence-electron chi connectivity index (χ0n) is 20.8. The summed E-state index contributed by atoms with van der Waals surface area (Å²) in [6.07, 6.45) is -0.571. The normalized spacial score (nSPS) is 16.7. The maximum absolute atomic E-state index is 14.6. The van der Waals surface area contributed by atoms with Crippen molar-refractivity contribution in [2.45, 2.75) is 44.3 Å². The third-order valence-corrected chi connectivity index (χ3v) is 7.52. The first-order valence-corrected chi connectivity index (χ1v) is 13.0. The maximum Gasteiger partial charge on any atom is 0.490 e. The second-order valence-electron chi connectivity index (χ2n) is 9.39. The third kappa shape index (κ3) is 6.56. The molecule has 2 aliphatic heterocycles. The molecule has 0 radical (unpaired) electrons. The summed E-state index contributed by atoms with van der Waals surface area (Å²) >= 11 is 12.0. The number of fused-ring (bicyclic) bond motifs is 1. The highest BCUT2D eigenvalue weighted by atomic mass is 35.5. The van der Waals surface area contributed by atoms with Gasteiger partial charge in [0.2, 0.25) is 0 Å². The molecule has 2 fully saturated rings. The first-order chi connectivity index (χ1) is 18.9. The van der Waals surface area contributed by atoms with E-state index in [4.69, 9.17) is 33.1 Å². The lowest BCUT2D eigenvalue weighted by Gasteiger charge is -2.36. The number of amides is 1. The first-order valence-electron chi connectivity index (χ1n) is 12.3. The average Bonchev–Trinajstić information content (AvgIpc) is 3.55. The van der Waals surface area contributed by atoms with E-state index in [-0.39, 0.29) is 33.8 Å². The quantitative estimate of drug-likeness (QED) is 0.433. The van der Waals surface area contributed by atoms with E-state index in [9.17, 15) is 27.2 Å². The highest BCUT2D eigenvalue weighted by Gasteiger charge is 2.38. The Morgan fingerprint density at radius 1 is 1.10 bits per heavy atom. The number of H-pyrrole nitrogens is 1. The van der Waals surface area contributed by atoms with E-state index in [1.807, 2.05) is 0 Å². The van der Waals surface area contributed by atoms with Gasteiger partial charge in [-0.05, 0) is 56.5 Å². The van der Waals surface area contributed by atoms with Crippen LogP contribution in [0.2, 0.25) is 10.3 Å². The first kappa shape index (κ1) is 29.7. The van der Waals surface area contributed by atoms with E-state index in [0.717, 1.165) is 30.3 Å². The van der Waals surface area contributed by atoms with Crippen LogP contribution >= 0.6 is 23.2 Å². The number of nitrogens with one attached hydrogen (secondary N) is 1. The minimum absolute atomic E-state index is 0.0103. The maximum atomic E-state index is 14.6. The number of carboxylic acids is 1. The summed E-state index contributed by atoms with van der Waals surface area (Å²) in [4.78, 5) is 42.4. The molecular weight excluding hydrogens is 583 g/mol. The Morgan fingerprint density at radius 3 is 2.33 bits per heavy atom. The number of aliphatic carboxylic acids is 1. The number of carbonyl (C=O) groups is 2. The standard InChI is InChI=1S/C22H23Cl2FN6O2.C2HF3O2/c23-18-19(24)31-20(26-18)17(27-28-22(31)33)12-13-3-4-16(25)15(11-13)21(32)30-9-5-14(6-10-30)29-7-1-2-8-29;3-2(4,5)1(6)7/h3-4,11,14H,1-2,5-10,12H2,(H,28,33);(H,6,7). The smallest absolute Gasteiger partial charge is 0.475 e. The lowest BCUT2D eigenvalue weighted by molar-refractivity contribution is -0.192. The summed E-state index contributed by atoms with van der Waals surface area (Å²) in [6.45, 7) is 3.51.